The molecule has 0 radical (unpaired) electrons. The molecule has 256 valence electrons. The summed E-state index contributed by atoms with van der Waals surface area (Å²) >= 11 is 0. The normalized spacial score (nSPS) is 20.5. The zero-order valence-corrected chi connectivity index (χ0v) is 26.6. The van der Waals surface area contributed by atoms with Gasteiger partial charge in [0.15, 0.2) is 0 Å². The Bertz CT molecular complexity index is 1530. The number of nitrogens with zero attached hydrogens (tertiary/aromatic N) is 4. The molecule has 2 amide bonds. The van der Waals surface area contributed by atoms with Crippen molar-refractivity contribution in [3.05, 3.63) is 70.9 Å². The van der Waals surface area contributed by atoms with E-state index < -0.39 is 41.0 Å². The van der Waals surface area contributed by atoms with Gasteiger partial charge in [-0.25, -0.2) is 0 Å². The molecule has 1 N–H and O–H groups in total. The number of alkyl halides is 6. The third kappa shape index (κ3) is 7.89. The molecular weight excluding hydrogens is 648 g/mol. The predicted octanol–water partition coefficient (Wildman–Crippen LogP) is 6.08. The number of aromatic nitrogens is 1. The largest absolute Gasteiger partial charge is 0.416 e. The number of rotatable bonds is 6. The van der Waals surface area contributed by atoms with Gasteiger partial charge in [-0.15, -0.1) is 12.4 Å². The van der Waals surface area contributed by atoms with E-state index >= 15 is 0 Å². The molecule has 1 aliphatic carbocycles. The minimum atomic E-state index is -5.07. The fraction of sp³-hybridized carbons (Fsp3) is 0.515. The topological polar surface area (TPSA) is 62.9 Å². The van der Waals surface area contributed by atoms with Gasteiger partial charge in [-0.2, -0.15) is 26.3 Å². The number of carbonyl (C=O) groups excluding carboxylic acids is 2. The smallest absolute Gasteiger partial charge is 0.361 e. The zero-order chi connectivity index (χ0) is 32.6. The molecule has 1 atom stereocenters. The molecule has 47 heavy (non-hydrogen) atoms. The maximum atomic E-state index is 13.8. The van der Waals surface area contributed by atoms with Crippen molar-refractivity contribution < 1.29 is 35.9 Å². The second-order valence-electron chi connectivity index (χ2n) is 12.6. The van der Waals surface area contributed by atoms with Crippen LogP contribution >= 0.6 is 12.4 Å². The molecule has 0 spiro atoms. The van der Waals surface area contributed by atoms with Crippen LogP contribution in [0.2, 0.25) is 0 Å². The number of halogens is 7. The first-order chi connectivity index (χ1) is 21.9. The number of piperazine rings is 2. The fourth-order valence-corrected chi connectivity index (χ4v) is 7.20. The highest BCUT2D eigenvalue weighted by Crippen LogP contribution is 2.37. The second-order valence-corrected chi connectivity index (χ2v) is 12.6. The summed E-state index contributed by atoms with van der Waals surface area (Å²) in [5.74, 6) is -0.931. The molecule has 3 aliphatic rings. The molecule has 1 saturated carbocycles. The first kappa shape index (κ1) is 35.0. The van der Waals surface area contributed by atoms with Gasteiger partial charge >= 0.3 is 12.4 Å². The third-order valence-corrected chi connectivity index (χ3v) is 9.66. The van der Waals surface area contributed by atoms with E-state index in [1.54, 1.807) is 6.20 Å². The van der Waals surface area contributed by atoms with Crippen LogP contribution < -0.4 is 0 Å². The van der Waals surface area contributed by atoms with Crippen LogP contribution in [0, 0.1) is 0 Å². The highest BCUT2D eigenvalue weighted by Gasteiger charge is 2.40. The van der Waals surface area contributed by atoms with E-state index in [1.807, 2.05) is 34.1 Å². The molecule has 3 aromatic rings. The van der Waals surface area contributed by atoms with E-state index in [4.69, 9.17) is 0 Å². The van der Waals surface area contributed by atoms with E-state index in [0.29, 0.717) is 37.7 Å². The van der Waals surface area contributed by atoms with Crippen molar-refractivity contribution in [2.75, 3.05) is 52.4 Å². The third-order valence-electron chi connectivity index (χ3n) is 9.66. The van der Waals surface area contributed by atoms with Crippen LogP contribution in [0.4, 0.5) is 26.3 Å². The van der Waals surface area contributed by atoms with E-state index in [1.165, 1.54) is 30.6 Å². The fourth-order valence-electron chi connectivity index (χ4n) is 7.20. The van der Waals surface area contributed by atoms with Crippen molar-refractivity contribution in [2.45, 2.75) is 56.5 Å². The Hall–Kier alpha value is -3.29. The van der Waals surface area contributed by atoms with Crippen molar-refractivity contribution in [2.24, 2.45) is 0 Å². The van der Waals surface area contributed by atoms with Crippen molar-refractivity contribution in [3.63, 3.8) is 0 Å². The van der Waals surface area contributed by atoms with Gasteiger partial charge < -0.3 is 14.8 Å². The number of H-pyrrole nitrogens is 1. The van der Waals surface area contributed by atoms with Crippen molar-refractivity contribution in [1.82, 2.24) is 24.6 Å². The quantitative estimate of drug-likeness (QED) is 0.320. The molecule has 1 aromatic heterocycles. The molecule has 2 aliphatic heterocycles. The number of para-hydroxylation sites is 1. The SMILES string of the molecule is Cl.O=C(CN1CCN(C(=O)c2cc(C(F)(F)F)cc(C(F)(F)F)c2)[C@H](Cc2c[nH]c3ccccc23)C1)N1CCN(C2CCCC2)CC1. The zero-order valence-electron chi connectivity index (χ0n) is 25.7. The molecule has 3 fully saturated rings. The van der Waals surface area contributed by atoms with Gasteiger partial charge in [-0.3, -0.25) is 19.4 Å². The first-order valence-electron chi connectivity index (χ1n) is 15.8. The number of fused-ring (bicyclic) bond motifs is 1. The van der Waals surface area contributed by atoms with E-state index in [2.05, 4.69) is 9.88 Å². The predicted molar refractivity (Wildman–Crippen MR) is 167 cm³/mol. The lowest BCUT2D eigenvalue weighted by Crippen LogP contribution is -2.58. The summed E-state index contributed by atoms with van der Waals surface area (Å²) in [5, 5.41) is 0.904. The highest BCUT2D eigenvalue weighted by atomic mass is 35.5. The highest BCUT2D eigenvalue weighted by molar-refractivity contribution is 5.95. The van der Waals surface area contributed by atoms with Crippen molar-refractivity contribution in [3.8, 4) is 0 Å². The summed E-state index contributed by atoms with van der Waals surface area (Å²) in [6.45, 7) is 3.62. The lowest BCUT2D eigenvalue weighted by Gasteiger charge is -2.43. The van der Waals surface area contributed by atoms with Crippen LogP contribution in [0.25, 0.3) is 10.9 Å². The lowest BCUT2D eigenvalue weighted by molar-refractivity contribution is -0.143. The van der Waals surface area contributed by atoms with E-state index in [9.17, 15) is 35.9 Å². The average molecular weight is 686 g/mol. The molecule has 3 heterocycles. The minimum absolute atomic E-state index is 0. The number of benzene rings is 2. The molecule has 0 unspecified atom stereocenters. The Morgan fingerprint density at radius 3 is 2.11 bits per heavy atom. The van der Waals surface area contributed by atoms with Crippen LogP contribution in [-0.2, 0) is 23.6 Å². The standard InChI is InChI=1S/C33H37F6N5O2.ClH/c34-32(35,36)24-15-22(16-25(18-24)33(37,38)39)31(46)44-14-9-41(20-27(44)17-23-19-40-29-8-4-3-7-28(23)29)21-30(45)43-12-10-42(11-13-43)26-5-1-2-6-26;/h3-4,7-8,15-16,18-19,26-27,40H,1-2,5-6,9-14,17,20-21H2;1H/t27-;/m1./s1. The van der Waals surface area contributed by atoms with Gasteiger partial charge in [0.1, 0.15) is 0 Å². The van der Waals surface area contributed by atoms with Crippen molar-refractivity contribution in [1.29, 1.82) is 0 Å². The van der Waals surface area contributed by atoms with Crippen molar-refractivity contribution >= 4 is 35.1 Å². The summed E-state index contributed by atoms with van der Waals surface area (Å²) in [6.07, 6.45) is -3.15. The maximum absolute atomic E-state index is 13.8. The van der Waals surface area contributed by atoms with Gasteiger partial charge in [-0.05, 0) is 49.1 Å². The second kappa shape index (κ2) is 14.1. The molecule has 14 heteroatoms. The van der Waals surface area contributed by atoms with Crippen LogP contribution in [0.1, 0.15) is 52.7 Å². The van der Waals surface area contributed by atoms with Crippen LogP contribution in [-0.4, -0.2) is 101 Å². The van der Waals surface area contributed by atoms with E-state index in [-0.39, 0.29) is 50.6 Å². The molecule has 2 saturated heterocycles. The Kier molecular flexibility index (Phi) is 10.5. The first-order valence-corrected chi connectivity index (χ1v) is 15.8. The summed E-state index contributed by atoms with van der Waals surface area (Å²) in [4.78, 5) is 37.9. The summed E-state index contributed by atoms with van der Waals surface area (Å²) in [6, 6.07) is 8.52. The Morgan fingerprint density at radius 1 is 0.830 bits per heavy atom. The Labute approximate surface area is 275 Å². The van der Waals surface area contributed by atoms with Gasteiger partial charge in [0.25, 0.3) is 5.91 Å². The number of aromatic amines is 1. The van der Waals surface area contributed by atoms with Crippen LogP contribution in [0.15, 0.2) is 48.7 Å². The lowest BCUT2D eigenvalue weighted by atomic mass is 9.98. The summed E-state index contributed by atoms with van der Waals surface area (Å²) in [5.41, 5.74) is -2.01. The molecular formula is C33H38ClF6N5O2. The summed E-state index contributed by atoms with van der Waals surface area (Å²) < 4.78 is 81.6. The molecule has 6 rings (SSSR count). The Morgan fingerprint density at radius 2 is 1.47 bits per heavy atom. The number of hydrogen-bond donors (Lipinski definition) is 1. The minimum Gasteiger partial charge on any atom is -0.361 e. The number of amides is 2. The van der Waals surface area contributed by atoms with Gasteiger partial charge in [0.05, 0.1) is 17.7 Å². The van der Waals surface area contributed by atoms with Gasteiger partial charge in [-0.1, -0.05) is 31.0 Å². The Balaban J connectivity index is 0.00000433. The monoisotopic (exact) mass is 685 g/mol. The van der Waals surface area contributed by atoms with Gasteiger partial charge in [0.2, 0.25) is 5.91 Å². The average Bonchev–Trinajstić information content (AvgIpc) is 3.71. The van der Waals surface area contributed by atoms with Crippen LogP contribution in [0.5, 0.6) is 0 Å². The number of hydrogen-bond acceptors (Lipinski definition) is 4. The molecule has 2 aromatic carbocycles. The molecule has 0 bridgehead atoms. The van der Waals surface area contributed by atoms with Gasteiger partial charge in [0, 0.05) is 80.6 Å². The number of carbonyl (C=O) groups is 2. The molecule has 7 nitrogen and oxygen atoms in total. The van der Waals surface area contributed by atoms with E-state index in [0.717, 1.165) is 29.6 Å². The summed E-state index contributed by atoms with van der Waals surface area (Å²) in [7, 11) is 0. The number of nitrogens with one attached hydrogen (secondary N) is 1. The van der Waals surface area contributed by atoms with Crippen LogP contribution in [0.3, 0.4) is 0 Å². The maximum Gasteiger partial charge on any atom is 0.416 e.